The molecule has 1 saturated carbocycles. The number of hydrogen-bond donors (Lipinski definition) is 0. The molecule has 0 aromatic carbocycles. The van der Waals surface area contributed by atoms with E-state index in [1.807, 2.05) is 12.2 Å². The monoisotopic (exact) mass is 190 g/mol. The fraction of sp³-hybridized carbons (Fsp3) is 0.417. The maximum absolute atomic E-state index is 11.1. The summed E-state index contributed by atoms with van der Waals surface area (Å²) in [6.45, 7) is 3.40. The lowest BCUT2D eigenvalue weighted by atomic mass is 9.86. The van der Waals surface area contributed by atoms with E-state index in [-0.39, 0.29) is 11.4 Å². The number of rotatable bonds is 2. The van der Waals surface area contributed by atoms with Crippen molar-refractivity contribution in [2.45, 2.75) is 25.7 Å². The second kappa shape index (κ2) is 3.45. The zero-order chi connectivity index (χ0) is 10.0. The molecular formula is C12H14O2. The molecule has 0 N–H and O–H groups in total. The van der Waals surface area contributed by atoms with Crippen molar-refractivity contribution in [3.63, 3.8) is 0 Å². The first-order chi connectivity index (χ1) is 6.77. The third-order valence-electron chi connectivity index (χ3n) is 3.03. The van der Waals surface area contributed by atoms with Gasteiger partial charge in [-0.05, 0) is 18.9 Å². The van der Waals surface area contributed by atoms with Crippen molar-refractivity contribution in [2.75, 3.05) is 0 Å². The van der Waals surface area contributed by atoms with Crippen LogP contribution in [0.15, 0.2) is 36.6 Å². The van der Waals surface area contributed by atoms with E-state index in [1.165, 1.54) is 18.9 Å². The van der Waals surface area contributed by atoms with Crippen LogP contribution in [0.25, 0.3) is 0 Å². The molecule has 0 amide bonds. The minimum Gasteiger partial charge on any atom is -0.427 e. The van der Waals surface area contributed by atoms with Gasteiger partial charge in [-0.3, -0.25) is 0 Å². The van der Waals surface area contributed by atoms with Crippen molar-refractivity contribution >= 4 is 5.97 Å². The lowest BCUT2D eigenvalue weighted by Crippen LogP contribution is -2.18. The molecule has 1 fully saturated rings. The predicted molar refractivity (Wildman–Crippen MR) is 54.4 cm³/mol. The van der Waals surface area contributed by atoms with E-state index in [9.17, 15) is 4.79 Å². The van der Waals surface area contributed by atoms with E-state index in [0.29, 0.717) is 0 Å². The van der Waals surface area contributed by atoms with Gasteiger partial charge in [0.15, 0.2) is 0 Å². The van der Waals surface area contributed by atoms with Crippen LogP contribution in [0.2, 0.25) is 0 Å². The summed E-state index contributed by atoms with van der Waals surface area (Å²) in [5, 5.41) is 0. The molecule has 0 radical (unpaired) electrons. The Balaban J connectivity index is 2.12. The Morgan fingerprint density at radius 3 is 2.86 bits per heavy atom. The van der Waals surface area contributed by atoms with E-state index in [0.717, 1.165) is 18.6 Å². The van der Waals surface area contributed by atoms with E-state index < -0.39 is 0 Å². The van der Waals surface area contributed by atoms with Crippen molar-refractivity contribution in [3.8, 4) is 0 Å². The van der Waals surface area contributed by atoms with Gasteiger partial charge in [-0.15, -0.1) is 0 Å². The van der Waals surface area contributed by atoms with Gasteiger partial charge in [0.1, 0.15) is 5.76 Å². The fourth-order valence-corrected chi connectivity index (χ4v) is 2.27. The summed E-state index contributed by atoms with van der Waals surface area (Å²) in [4.78, 5) is 11.1. The van der Waals surface area contributed by atoms with Gasteiger partial charge < -0.3 is 4.74 Å². The van der Waals surface area contributed by atoms with Crippen LogP contribution in [-0.2, 0) is 9.53 Å². The Hall–Kier alpha value is -1.31. The highest BCUT2D eigenvalue weighted by Gasteiger charge is 2.39. The molecule has 0 saturated heterocycles. The molecule has 0 unspecified atom stereocenters. The molecule has 2 aliphatic rings. The maximum Gasteiger partial charge on any atom is 0.335 e. The molecule has 2 nitrogen and oxygen atoms in total. The number of allylic oxidation sites excluding steroid dienone is 3. The molecule has 0 atom stereocenters. The topological polar surface area (TPSA) is 26.3 Å². The van der Waals surface area contributed by atoms with Crippen LogP contribution in [0.5, 0.6) is 0 Å². The van der Waals surface area contributed by atoms with Crippen LogP contribution in [0.3, 0.4) is 0 Å². The van der Waals surface area contributed by atoms with Gasteiger partial charge in [0.05, 0.1) is 0 Å². The Bertz CT molecular complexity index is 317. The van der Waals surface area contributed by atoms with Crippen LogP contribution in [0.4, 0.5) is 0 Å². The van der Waals surface area contributed by atoms with Gasteiger partial charge in [-0.2, -0.15) is 0 Å². The highest BCUT2D eigenvalue weighted by atomic mass is 16.5. The largest absolute Gasteiger partial charge is 0.427 e. The molecule has 2 heteroatoms. The lowest BCUT2D eigenvalue weighted by molar-refractivity contribution is -0.135. The van der Waals surface area contributed by atoms with Crippen molar-refractivity contribution in [3.05, 3.63) is 36.6 Å². The Morgan fingerprint density at radius 2 is 2.21 bits per heavy atom. The lowest BCUT2D eigenvalue weighted by Gasteiger charge is -2.23. The van der Waals surface area contributed by atoms with E-state index in [1.54, 1.807) is 0 Å². The molecule has 0 aromatic rings. The smallest absolute Gasteiger partial charge is 0.335 e. The first-order valence-electron chi connectivity index (χ1n) is 5.01. The average molecular weight is 190 g/mol. The van der Waals surface area contributed by atoms with Gasteiger partial charge in [0, 0.05) is 11.5 Å². The summed E-state index contributed by atoms with van der Waals surface area (Å²) in [7, 11) is 0. The average Bonchev–Trinajstić information content (AvgIpc) is 2.79. The maximum atomic E-state index is 11.1. The van der Waals surface area contributed by atoms with Gasteiger partial charge in [-0.25, -0.2) is 4.79 Å². The highest BCUT2D eigenvalue weighted by molar-refractivity contribution is 5.82. The number of esters is 1. The highest BCUT2D eigenvalue weighted by Crippen LogP contribution is 2.48. The zero-order valence-corrected chi connectivity index (χ0v) is 8.16. The SMILES string of the molecule is C=CC(=O)OC1=CC=CC12CCCC2. The summed E-state index contributed by atoms with van der Waals surface area (Å²) in [6, 6.07) is 0. The normalized spacial score (nSPS) is 22.4. The summed E-state index contributed by atoms with van der Waals surface area (Å²) in [5.74, 6) is 0.450. The van der Waals surface area contributed by atoms with Crippen LogP contribution >= 0.6 is 0 Å². The molecule has 0 aromatic heterocycles. The first kappa shape index (κ1) is 9.25. The molecule has 2 rings (SSSR count). The van der Waals surface area contributed by atoms with Crippen molar-refractivity contribution in [1.82, 2.24) is 0 Å². The van der Waals surface area contributed by atoms with E-state index in [4.69, 9.17) is 4.74 Å². The summed E-state index contributed by atoms with van der Waals surface area (Å²) in [6.07, 6.45) is 11.9. The quantitative estimate of drug-likeness (QED) is 0.494. The van der Waals surface area contributed by atoms with Gasteiger partial charge >= 0.3 is 5.97 Å². The molecule has 14 heavy (non-hydrogen) atoms. The van der Waals surface area contributed by atoms with E-state index >= 15 is 0 Å². The molecule has 2 aliphatic carbocycles. The number of carbonyl (C=O) groups is 1. The molecule has 74 valence electrons. The van der Waals surface area contributed by atoms with Crippen molar-refractivity contribution < 1.29 is 9.53 Å². The molecule has 0 heterocycles. The second-order valence-electron chi connectivity index (χ2n) is 3.88. The molecule has 1 spiro atoms. The van der Waals surface area contributed by atoms with Gasteiger partial charge in [0.2, 0.25) is 0 Å². The Morgan fingerprint density at radius 1 is 1.50 bits per heavy atom. The van der Waals surface area contributed by atoms with Crippen LogP contribution in [0, 0.1) is 5.41 Å². The standard InChI is InChI=1S/C12H14O2/c1-2-11(13)14-10-6-5-9-12(10)7-3-4-8-12/h2,5-6,9H,1,3-4,7-8H2. The Kier molecular flexibility index (Phi) is 2.28. The van der Waals surface area contributed by atoms with Gasteiger partial charge in [-0.1, -0.05) is 31.6 Å². The summed E-state index contributed by atoms with van der Waals surface area (Å²) in [5.41, 5.74) is 0.0265. The second-order valence-corrected chi connectivity index (χ2v) is 3.88. The zero-order valence-electron chi connectivity index (χ0n) is 8.16. The fourth-order valence-electron chi connectivity index (χ4n) is 2.27. The minimum absolute atomic E-state index is 0.0265. The van der Waals surface area contributed by atoms with E-state index in [2.05, 4.69) is 12.7 Å². The van der Waals surface area contributed by atoms with Crippen LogP contribution in [-0.4, -0.2) is 5.97 Å². The summed E-state index contributed by atoms with van der Waals surface area (Å²) >= 11 is 0. The molecule has 0 bridgehead atoms. The van der Waals surface area contributed by atoms with Gasteiger partial charge in [0.25, 0.3) is 0 Å². The molecular weight excluding hydrogens is 176 g/mol. The number of ether oxygens (including phenoxy) is 1. The number of carbonyl (C=O) groups excluding carboxylic acids is 1. The van der Waals surface area contributed by atoms with Crippen LogP contribution in [0.1, 0.15) is 25.7 Å². The molecule has 0 aliphatic heterocycles. The third kappa shape index (κ3) is 1.41. The third-order valence-corrected chi connectivity index (χ3v) is 3.03. The first-order valence-corrected chi connectivity index (χ1v) is 5.01. The Labute approximate surface area is 83.9 Å². The predicted octanol–water partition coefficient (Wildman–Crippen LogP) is 2.73. The minimum atomic E-state index is -0.355. The van der Waals surface area contributed by atoms with Crippen molar-refractivity contribution in [2.24, 2.45) is 5.41 Å². The number of hydrogen-bond acceptors (Lipinski definition) is 2. The van der Waals surface area contributed by atoms with Crippen LogP contribution < -0.4 is 0 Å². The van der Waals surface area contributed by atoms with Crippen molar-refractivity contribution in [1.29, 1.82) is 0 Å². The summed E-state index contributed by atoms with van der Waals surface area (Å²) < 4.78 is 5.24.